The highest BCUT2D eigenvalue weighted by Crippen LogP contribution is 2.36. The molecular weight excluding hydrogens is 407 g/mol. The summed E-state index contributed by atoms with van der Waals surface area (Å²) in [5, 5.41) is 5.57. The lowest BCUT2D eigenvalue weighted by Gasteiger charge is -2.03. The zero-order chi connectivity index (χ0) is 20.4. The Morgan fingerprint density at radius 1 is 0.750 bits per heavy atom. The van der Waals surface area contributed by atoms with E-state index in [1.54, 1.807) is 0 Å². The molecule has 2 aliphatic rings. The van der Waals surface area contributed by atoms with Gasteiger partial charge in [0, 0.05) is 11.1 Å². The summed E-state index contributed by atoms with van der Waals surface area (Å²) in [7, 11) is -6.99. The number of fused-ring (bicyclic) bond motifs is 2. The molecule has 0 saturated heterocycles. The van der Waals surface area contributed by atoms with Crippen LogP contribution in [0.5, 0.6) is 0 Å². The smallest absolute Gasteiger partial charge is 0.294 e. The Balaban J connectivity index is 1.79. The van der Waals surface area contributed by atoms with Crippen molar-refractivity contribution in [2.45, 2.75) is 9.79 Å². The predicted octanol–water partition coefficient (Wildman–Crippen LogP) is 0.383. The fourth-order valence-electron chi connectivity index (χ4n) is 3.04. The molecule has 0 radical (unpaired) electrons. The van der Waals surface area contributed by atoms with Crippen molar-refractivity contribution < 1.29 is 31.0 Å². The highest BCUT2D eigenvalue weighted by atomic mass is 32.2. The number of ketones is 2. The summed E-state index contributed by atoms with van der Waals surface area (Å²) in [5.41, 5.74) is 0.556. The molecule has 142 valence electrons. The summed E-state index contributed by atoms with van der Waals surface area (Å²) in [4.78, 5) is 25.0. The van der Waals surface area contributed by atoms with Gasteiger partial charge in [-0.1, -0.05) is 0 Å². The molecule has 0 bridgehead atoms. The van der Waals surface area contributed by atoms with E-state index in [-0.39, 0.29) is 33.1 Å². The van der Waals surface area contributed by atoms with Crippen molar-refractivity contribution in [3.05, 3.63) is 58.9 Å². The third-order valence-electron chi connectivity index (χ3n) is 4.42. The molecule has 2 aromatic rings. The average Bonchev–Trinajstić information content (AvgIpc) is 3.10. The molecule has 0 amide bonds. The SMILES string of the molecule is BS(=O)(=O)c1ccc2c(c1)C(=O)/C(=C1\Nc3ccc(S(=O)(=O)O)cc3C1=O)N2. The average molecular weight is 418 g/mol. The number of Topliss-reactive ketones (excluding diaryl/α,β-unsaturated/α-hetero) is 2. The summed E-state index contributed by atoms with van der Waals surface area (Å²) >= 11 is 0. The first-order valence-corrected chi connectivity index (χ1v) is 11.1. The first-order chi connectivity index (χ1) is 13.0. The minimum Gasteiger partial charge on any atom is -0.350 e. The highest BCUT2D eigenvalue weighted by Gasteiger charge is 2.35. The molecule has 0 fully saturated rings. The van der Waals surface area contributed by atoms with Crippen molar-refractivity contribution in [2.24, 2.45) is 0 Å². The summed E-state index contributed by atoms with van der Waals surface area (Å²) in [6, 6.07) is 7.45. The second kappa shape index (κ2) is 5.77. The molecule has 3 N–H and O–H groups in total. The largest absolute Gasteiger partial charge is 0.350 e. The number of benzene rings is 2. The van der Waals surface area contributed by atoms with Gasteiger partial charge < -0.3 is 10.6 Å². The van der Waals surface area contributed by atoms with Gasteiger partial charge in [-0.25, -0.2) is 8.42 Å². The first-order valence-electron chi connectivity index (χ1n) is 7.80. The molecule has 9 nitrogen and oxygen atoms in total. The molecular formula is C16H11BN2O7S2. The topological polar surface area (TPSA) is 147 Å². The molecule has 28 heavy (non-hydrogen) atoms. The lowest BCUT2D eigenvalue weighted by atomic mass is 10.1. The van der Waals surface area contributed by atoms with Gasteiger partial charge in [0.1, 0.15) is 21.1 Å². The normalized spacial score (nSPS) is 18.5. The van der Waals surface area contributed by atoms with E-state index in [9.17, 15) is 26.4 Å². The number of hydrogen-bond acceptors (Lipinski definition) is 8. The van der Waals surface area contributed by atoms with Crippen molar-refractivity contribution in [3.8, 4) is 0 Å². The van der Waals surface area contributed by atoms with Crippen LogP contribution >= 0.6 is 0 Å². The van der Waals surface area contributed by atoms with Crippen molar-refractivity contribution in [1.29, 1.82) is 0 Å². The van der Waals surface area contributed by atoms with Crippen molar-refractivity contribution >= 4 is 49.9 Å². The van der Waals surface area contributed by atoms with Gasteiger partial charge >= 0.3 is 0 Å². The number of anilines is 2. The fraction of sp³-hybridized carbons (Fsp3) is 0. The minimum absolute atomic E-state index is 0.0139. The summed E-state index contributed by atoms with van der Waals surface area (Å²) in [6.07, 6.45) is 0. The van der Waals surface area contributed by atoms with Crippen LogP contribution in [0.15, 0.2) is 57.6 Å². The van der Waals surface area contributed by atoms with Gasteiger partial charge in [0.25, 0.3) is 17.2 Å². The summed E-state index contributed by atoms with van der Waals surface area (Å²) in [5.74, 6) is -1.20. The quantitative estimate of drug-likeness (QED) is 0.358. The standard InChI is InChI=1S/C16H11BN2O7S2/c17-27(22,23)7-1-3-11-9(5-7)15(20)13(18-11)14-16(21)10-6-8(28(24,25)26)2-4-12(10)19-14/h1-6,18-19H,17H2,(H,24,25,26)/b14-13+. The molecule has 0 spiro atoms. The third kappa shape index (κ3) is 2.82. The Morgan fingerprint density at radius 2 is 1.18 bits per heavy atom. The Bertz CT molecular complexity index is 1240. The number of hydrogen-bond donors (Lipinski definition) is 3. The van der Waals surface area contributed by atoms with Crippen LogP contribution in [0.2, 0.25) is 0 Å². The molecule has 0 saturated carbocycles. The number of rotatable bonds is 2. The molecule has 0 atom stereocenters. The van der Waals surface area contributed by atoms with Gasteiger partial charge in [-0.05, 0) is 36.4 Å². The lowest BCUT2D eigenvalue weighted by Crippen LogP contribution is -2.13. The van der Waals surface area contributed by atoms with Gasteiger partial charge in [0.05, 0.1) is 21.2 Å². The minimum atomic E-state index is -4.49. The van der Waals surface area contributed by atoms with Gasteiger partial charge in [-0.2, -0.15) is 8.42 Å². The maximum atomic E-state index is 12.7. The van der Waals surface area contributed by atoms with Crippen LogP contribution < -0.4 is 10.6 Å². The second-order valence-corrected chi connectivity index (χ2v) is 9.76. The van der Waals surface area contributed by atoms with Crippen molar-refractivity contribution in [3.63, 3.8) is 0 Å². The van der Waals surface area contributed by atoms with E-state index in [4.69, 9.17) is 4.55 Å². The van der Waals surface area contributed by atoms with Crippen LogP contribution in [0.1, 0.15) is 20.7 Å². The number of allylic oxidation sites excluding steroid dienone is 2. The molecule has 4 rings (SSSR count). The van der Waals surface area contributed by atoms with E-state index in [1.165, 1.54) is 24.3 Å². The Morgan fingerprint density at radius 3 is 1.61 bits per heavy atom. The van der Waals surface area contributed by atoms with Gasteiger partial charge in [0.15, 0.2) is 0 Å². The fourth-order valence-corrected chi connectivity index (χ4v) is 4.19. The number of carbonyl (C=O) groups is 2. The van der Waals surface area contributed by atoms with E-state index < -0.39 is 36.3 Å². The van der Waals surface area contributed by atoms with Crippen molar-refractivity contribution in [1.82, 2.24) is 0 Å². The maximum Gasteiger partial charge on any atom is 0.294 e. The van der Waals surface area contributed by atoms with Crippen LogP contribution in [0.3, 0.4) is 0 Å². The lowest BCUT2D eigenvalue weighted by molar-refractivity contribution is 0.101. The molecule has 0 aliphatic carbocycles. The molecule has 2 aromatic carbocycles. The highest BCUT2D eigenvalue weighted by molar-refractivity contribution is 8.12. The van der Waals surface area contributed by atoms with E-state index >= 15 is 0 Å². The molecule has 0 aromatic heterocycles. The van der Waals surface area contributed by atoms with Crippen LogP contribution in [-0.4, -0.2) is 40.1 Å². The monoisotopic (exact) mass is 418 g/mol. The predicted molar refractivity (Wildman–Crippen MR) is 101 cm³/mol. The summed E-state index contributed by atoms with van der Waals surface area (Å²) < 4.78 is 55.1. The molecule has 0 unspecified atom stereocenters. The molecule has 2 heterocycles. The zero-order valence-corrected chi connectivity index (χ0v) is 15.8. The van der Waals surface area contributed by atoms with Gasteiger partial charge in [0.2, 0.25) is 11.6 Å². The van der Waals surface area contributed by atoms with E-state index in [0.717, 1.165) is 19.3 Å². The Kier molecular flexibility index (Phi) is 3.79. The molecule has 12 heteroatoms. The van der Waals surface area contributed by atoms with Gasteiger partial charge in [-0.15, -0.1) is 0 Å². The number of nitrogens with one attached hydrogen (secondary N) is 2. The Hall–Kier alpha value is -2.96. The van der Waals surface area contributed by atoms with E-state index in [1.807, 2.05) is 0 Å². The van der Waals surface area contributed by atoms with Crippen LogP contribution in [0, 0.1) is 0 Å². The van der Waals surface area contributed by atoms with Crippen LogP contribution in [0.4, 0.5) is 11.4 Å². The Labute approximate surface area is 160 Å². The zero-order valence-electron chi connectivity index (χ0n) is 14.2. The van der Waals surface area contributed by atoms with Crippen LogP contribution in [0.25, 0.3) is 0 Å². The maximum absolute atomic E-state index is 12.7. The summed E-state index contributed by atoms with van der Waals surface area (Å²) in [6.45, 7) is 0. The number of carbonyl (C=O) groups excluding carboxylic acids is 2. The third-order valence-corrected chi connectivity index (χ3v) is 6.38. The molecule has 2 aliphatic heterocycles. The van der Waals surface area contributed by atoms with E-state index in [0.29, 0.717) is 5.69 Å². The van der Waals surface area contributed by atoms with E-state index in [2.05, 4.69) is 10.6 Å². The van der Waals surface area contributed by atoms with Crippen LogP contribution in [-0.2, 0) is 19.8 Å². The van der Waals surface area contributed by atoms with Crippen molar-refractivity contribution in [2.75, 3.05) is 10.6 Å². The second-order valence-electron chi connectivity index (χ2n) is 6.32. The van der Waals surface area contributed by atoms with Gasteiger partial charge in [-0.3, -0.25) is 14.1 Å². The first kappa shape index (κ1) is 18.4.